The number of ether oxygens (including phenoxy) is 1. The Balaban J connectivity index is 0.000000531. The molecule has 1 aliphatic heterocycles. The van der Waals surface area contributed by atoms with Crippen LogP contribution in [0, 0.1) is 0 Å². The molecule has 3 rings (SSSR count). The number of carboxylic acids is 2. The monoisotopic (exact) mass is 959 g/mol. The minimum absolute atomic E-state index is 0.0256. The molecule has 350 valence electrons. The molecular weight excluding hydrogens is 907 g/mol. The zero-order valence-electron chi connectivity index (χ0n) is 32.1. The molecule has 0 saturated carbocycles. The van der Waals surface area contributed by atoms with E-state index in [4.69, 9.17) is 52.6 Å². The number of hydrogen-bond acceptors (Lipinski definition) is 22. The van der Waals surface area contributed by atoms with E-state index in [9.17, 15) is 48.0 Å². The molecule has 1 aliphatic rings. The van der Waals surface area contributed by atoms with Crippen molar-refractivity contribution in [2.45, 2.75) is 68.7 Å². The summed E-state index contributed by atoms with van der Waals surface area (Å²) in [5.74, 6) is -3.66. The fourth-order valence-electron chi connectivity index (χ4n) is 4.53. The van der Waals surface area contributed by atoms with Crippen LogP contribution in [0.2, 0.25) is 0 Å². The highest BCUT2D eigenvalue weighted by Gasteiger charge is 2.47. The fraction of sp³-hybridized carbons (Fsp3) is 0.667. The van der Waals surface area contributed by atoms with E-state index in [2.05, 4.69) is 56.7 Å². The number of anilines is 1. The normalized spacial score (nSPS) is 20.4. The van der Waals surface area contributed by atoms with Crippen LogP contribution in [0.3, 0.4) is 0 Å². The smallest absolute Gasteiger partial charge is 0.480 e. The van der Waals surface area contributed by atoms with Gasteiger partial charge in [0.15, 0.2) is 17.7 Å². The Kier molecular flexibility index (Phi) is 24.7. The molecular formula is C27H52N11O19P3S. The topological polar surface area (TPSA) is 502 Å². The highest BCUT2D eigenvalue weighted by Crippen LogP contribution is 2.66. The lowest BCUT2D eigenvalue weighted by atomic mass is 10.1. The quantitative estimate of drug-likeness (QED) is 0.0270. The van der Waals surface area contributed by atoms with Gasteiger partial charge >= 0.3 is 35.4 Å². The molecule has 0 radical (unpaired) electrons. The van der Waals surface area contributed by atoms with Crippen LogP contribution >= 0.6 is 36.1 Å². The second-order valence-electron chi connectivity index (χ2n) is 12.3. The number of phosphoric ester groups is 1. The third-order valence-electron chi connectivity index (χ3n) is 7.43. The first-order chi connectivity index (χ1) is 28.4. The lowest BCUT2D eigenvalue weighted by molar-refractivity contribution is -0.139. The minimum Gasteiger partial charge on any atom is -0.480 e. The van der Waals surface area contributed by atoms with Gasteiger partial charge in [0.2, 0.25) is 11.8 Å². The molecule has 8 atom stereocenters. The molecule has 4 unspecified atom stereocenters. The number of aliphatic carboxylic acids is 2. The fourth-order valence-corrected chi connectivity index (χ4v) is 7.81. The van der Waals surface area contributed by atoms with Crippen molar-refractivity contribution in [3.63, 3.8) is 0 Å². The molecule has 0 aromatic carbocycles. The number of carbonyl (C=O) groups excluding carboxylic acids is 2. The van der Waals surface area contributed by atoms with Crippen LogP contribution in [0.4, 0.5) is 5.82 Å². The van der Waals surface area contributed by atoms with Crippen LogP contribution in [0.1, 0.15) is 38.3 Å². The Morgan fingerprint density at radius 1 is 0.934 bits per heavy atom. The average Bonchev–Trinajstić information content (AvgIpc) is 3.71. The number of hydrogen-bond donors (Lipinski definition) is 16. The van der Waals surface area contributed by atoms with Gasteiger partial charge in [-0.25, -0.2) is 28.6 Å². The molecule has 19 N–H and O–H groups in total. The molecule has 2 aromatic rings. The number of nitrogens with one attached hydrogen (secondary N) is 3. The number of nitrogen functional groups attached to an aromatic ring is 1. The number of carboxylic acid groups (broad SMARTS) is 2. The number of aliphatic hydroxyl groups excluding tert-OH is 2. The molecule has 0 bridgehead atoms. The van der Waals surface area contributed by atoms with Crippen molar-refractivity contribution in [3.8, 4) is 0 Å². The Bertz CT molecular complexity index is 1860. The SMILES string of the molecule is NC(CCC(=O)NC(CS)C(=O)NCC(=O)O)C(=O)O.NCCCCNCCCN.Nc1ncnc2c1ncn2[C@@H]1O[C@H](COP(=O)(O)OP(=O)(O)OP(=O)(O)O)[C@@H](O)[C@H]1O. The van der Waals surface area contributed by atoms with Crippen molar-refractivity contribution in [3.05, 3.63) is 12.7 Å². The van der Waals surface area contributed by atoms with Crippen molar-refractivity contribution in [1.82, 2.24) is 35.5 Å². The van der Waals surface area contributed by atoms with E-state index < -0.39 is 97.0 Å². The average molecular weight is 960 g/mol. The van der Waals surface area contributed by atoms with Gasteiger partial charge < -0.3 is 83.6 Å². The van der Waals surface area contributed by atoms with Crippen molar-refractivity contribution in [2.24, 2.45) is 17.2 Å². The number of amides is 2. The highest BCUT2D eigenvalue weighted by atomic mass is 32.1. The summed E-state index contributed by atoms with van der Waals surface area (Å²) in [5.41, 5.74) is 21.9. The first-order valence-corrected chi connectivity index (χ1v) is 22.8. The Hall–Kier alpha value is -3.29. The molecule has 0 aliphatic carbocycles. The number of nitrogens with two attached hydrogens (primary N) is 4. The van der Waals surface area contributed by atoms with E-state index in [0.29, 0.717) is 0 Å². The molecule has 2 aromatic heterocycles. The molecule has 0 spiro atoms. The van der Waals surface area contributed by atoms with Crippen LogP contribution in [0.15, 0.2) is 12.7 Å². The molecule has 1 saturated heterocycles. The van der Waals surface area contributed by atoms with Crippen LogP contribution in [0.25, 0.3) is 11.2 Å². The number of phosphoric acid groups is 3. The van der Waals surface area contributed by atoms with Gasteiger partial charge in [-0.15, -0.1) is 0 Å². The van der Waals surface area contributed by atoms with E-state index in [1.807, 2.05) is 0 Å². The third kappa shape index (κ3) is 21.6. The van der Waals surface area contributed by atoms with Crippen LogP contribution < -0.4 is 38.9 Å². The number of rotatable bonds is 24. The lowest BCUT2D eigenvalue weighted by Gasteiger charge is -2.19. The molecule has 2 amide bonds. The van der Waals surface area contributed by atoms with Crippen LogP contribution in [-0.4, -0.2) is 159 Å². The van der Waals surface area contributed by atoms with E-state index in [1.165, 1.54) is 17.3 Å². The lowest BCUT2D eigenvalue weighted by Crippen LogP contribution is -2.49. The second-order valence-corrected chi connectivity index (χ2v) is 17.1. The third-order valence-corrected chi connectivity index (χ3v) is 11.6. The number of nitrogens with zero attached hydrogens (tertiary/aromatic N) is 4. The minimum atomic E-state index is -5.70. The van der Waals surface area contributed by atoms with E-state index >= 15 is 0 Å². The number of fused-ring (bicyclic) bond motifs is 1. The summed E-state index contributed by atoms with van der Waals surface area (Å²) in [4.78, 5) is 91.0. The van der Waals surface area contributed by atoms with Gasteiger partial charge in [0.1, 0.15) is 48.8 Å². The molecule has 3 heterocycles. The van der Waals surface area contributed by atoms with E-state index in [1.54, 1.807) is 0 Å². The Labute approximate surface area is 351 Å². The first-order valence-electron chi connectivity index (χ1n) is 17.6. The zero-order valence-corrected chi connectivity index (χ0v) is 35.6. The van der Waals surface area contributed by atoms with Gasteiger partial charge in [-0.3, -0.25) is 28.3 Å². The molecule has 61 heavy (non-hydrogen) atoms. The van der Waals surface area contributed by atoms with Gasteiger partial charge in [0, 0.05) is 12.2 Å². The van der Waals surface area contributed by atoms with Crippen molar-refractivity contribution in [2.75, 3.05) is 50.8 Å². The van der Waals surface area contributed by atoms with Gasteiger partial charge in [-0.2, -0.15) is 21.3 Å². The van der Waals surface area contributed by atoms with Gasteiger partial charge in [0.25, 0.3) is 0 Å². The van der Waals surface area contributed by atoms with Crippen molar-refractivity contribution in [1.29, 1.82) is 0 Å². The maximum absolute atomic E-state index is 11.8. The number of thiol groups is 1. The standard InChI is InChI=1S/C10H16N5O13P3.C10H17N3O6S.C7H19N3/c11-8-5-9(13-2-12-8)15(3-14-5)10-7(17)6(16)4(26-10)1-25-30(21,22)28-31(23,24)27-29(18,19)20;11-5(10(18)19)1-2-7(14)13-6(4-20)9(17)12-3-8(15)16;8-4-1-2-6-10-7-3-5-9/h2-4,6-7,10,16-17H,1H2,(H,21,22)(H,23,24)(H2,11,12,13)(H2,18,19,20);5-6,20H,1-4,11H2,(H,12,17)(H,13,14)(H,15,16)(H,18,19);10H,1-9H2/t4-,6-,7-,10-;;/m1../s1. The predicted molar refractivity (Wildman–Crippen MR) is 212 cm³/mol. The van der Waals surface area contributed by atoms with E-state index in [0.717, 1.165) is 45.3 Å². The van der Waals surface area contributed by atoms with Gasteiger partial charge in [-0.05, 0) is 51.9 Å². The Morgan fingerprint density at radius 2 is 1.57 bits per heavy atom. The summed E-state index contributed by atoms with van der Waals surface area (Å²) in [5, 5.41) is 45.1. The van der Waals surface area contributed by atoms with Crippen molar-refractivity contribution >= 4 is 76.8 Å². The number of aliphatic hydroxyl groups is 2. The van der Waals surface area contributed by atoms with Crippen LogP contribution in [-0.2, 0) is 50.8 Å². The zero-order chi connectivity index (χ0) is 46.6. The van der Waals surface area contributed by atoms with Gasteiger partial charge in [-0.1, -0.05) is 0 Å². The Morgan fingerprint density at radius 3 is 2.15 bits per heavy atom. The van der Waals surface area contributed by atoms with Gasteiger partial charge in [0.05, 0.1) is 12.9 Å². The highest BCUT2D eigenvalue weighted by molar-refractivity contribution is 7.80. The largest absolute Gasteiger partial charge is 0.490 e. The summed E-state index contributed by atoms with van der Waals surface area (Å²) in [6.45, 7) is 2.19. The van der Waals surface area contributed by atoms with Crippen molar-refractivity contribution < 1.29 is 90.8 Å². The number of unbranched alkanes of at least 4 members (excludes halogenated alkanes) is 1. The number of imidazole rings is 1. The summed E-state index contributed by atoms with van der Waals surface area (Å²) in [6.07, 6.45) is -0.551. The van der Waals surface area contributed by atoms with E-state index in [-0.39, 0.29) is 35.6 Å². The molecule has 1 fully saturated rings. The summed E-state index contributed by atoms with van der Waals surface area (Å²) < 4.78 is 51.9. The van der Waals surface area contributed by atoms with Crippen LogP contribution in [0.5, 0.6) is 0 Å². The predicted octanol–water partition coefficient (Wildman–Crippen LogP) is -4.17. The number of aromatic nitrogens is 4. The number of carbonyl (C=O) groups is 4. The first kappa shape index (κ1) is 55.7. The summed E-state index contributed by atoms with van der Waals surface area (Å²) in [7, 11) is -16.7. The summed E-state index contributed by atoms with van der Waals surface area (Å²) >= 11 is 3.87. The second kappa shape index (κ2) is 27.0. The summed E-state index contributed by atoms with van der Waals surface area (Å²) in [6, 6.07) is -2.15. The maximum Gasteiger partial charge on any atom is 0.490 e. The molecule has 30 nitrogen and oxygen atoms in total. The maximum atomic E-state index is 11.8. The molecule has 34 heteroatoms.